The molecule has 0 aliphatic heterocycles. The number of para-hydroxylation sites is 3. The Labute approximate surface area is 195 Å². The molecule has 1 heterocycles. The van der Waals surface area contributed by atoms with Gasteiger partial charge in [0.05, 0.1) is 10.3 Å². The lowest BCUT2D eigenvalue weighted by Crippen LogP contribution is -2.22. The van der Waals surface area contributed by atoms with Crippen LogP contribution in [0, 0.1) is 0 Å². The molecule has 6 nitrogen and oxygen atoms in total. The molecule has 1 atom stereocenters. The standard InChI is InChI=1S/C24H21ClN4O2S/c1-17(23(30)26-18-10-4-2-5-11-18)32-24-28-27-22(29(24)19-12-6-3-7-13-19)16-31-21-15-9-8-14-20(21)25/h2-15,17H,16H2,1H3,(H,26,30). The molecule has 0 bridgehead atoms. The number of halogens is 1. The van der Waals surface area contributed by atoms with Crippen LogP contribution in [-0.2, 0) is 11.4 Å². The van der Waals surface area contributed by atoms with Crippen molar-refractivity contribution in [3.63, 3.8) is 0 Å². The van der Waals surface area contributed by atoms with Gasteiger partial charge in [-0.1, -0.05) is 71.9 Å². The van der Waals surface area contributed by atoms with Gasteiger partial charge in [-0.05, 0) is 43.3 Å². The maximum Gasteiger partial charge on any atom is 0.237 e. The minimum atomic E-state index is -0.390. The number of carbonyl (C=O) groups excluding carboxylic acids is 1. The first kappa shape index (κ1) is 21.9. The zero-order valence-corrected chi connectivity index (χ0v) is 18.9. The van der Waals surface area contributed by atoms with Crippen molar-refractivity contribution in [1.82, 2.24) is 14.8 Å². The minimum absolute atomic E-state index is 0.113. The Kier molecular flexibility index (Phi) is 7.09. The highest BCUT2D eigenvalue weighted by molar-refractivity contribution is 8.00. The number of rotatable bonds is 8. The minimum Gasteiger partial charge on any atom is -0.484 e. The molecule has 1 aromatic heterocycles. The molecule has 8 heteroatoms. The van der Waals surface area contributed by atoms with E-state index in [-0.39, 0.29) is 17.8 Å². The molecule has 0 aliphatic rings. The number of hydrogen-bond acceptors (Lipinski definition) is 5. The van der Waals surface area contributed by atoms with Crippen molar-refractivity contribution in [2.75, 3.05) is 5.32 Å². The van der Waals surface area contributed by atoms with Crippen LogP contribution in [0.2, 0.25) is 5.02 Å². The summed E-state index contributed by atoms with van der Waals surface area (Å²) >= 11 is 7.54. The van der Waals surface area contributed by atoms with Crippen LogP contribution in [0.3, 0.4) is 0 Å². The van der Waals surface area contributed by atoms with Gasteiger partial charge in [0.1, 0.15) is 12.4 Å². The Morgan fingerprint density at radius 2 is 1.66 bits per heavy atom. The second kappa shape index (κ2) is 10.3. The molecule has 1 unspecified atom stereocenters. The number of aromatic nitrogens is 3. The van der Waals surface area contributed by atoms with E-state index in [1.54, 1.807) is 12.1 Å². The summed E-state index contributed by atoms with van der Waals surface area (Å²) in [6.07, 6.45) is 0. The van der Waals surface area contributed by atoms with Gasteiger partial charge in [-0.3, -0.25) is 9.36 Å². The van der Waals surface area contributed by atoms with E-state index in [9.17, 15) is 4.79 Å². The van der Waals surface area contributed by atoms with E-state index in [0.29, 0.717) is 21.8 Å². The predicted octanol–water partition coefficient (Wildman–Crippen LogP) is 5.62. The molecule has 3 aromatic carbocycles. The van der Waals surface area contributed by atoms with Crippen LogP contribution in [-0.4, -0.2) is 25.9 Å². The molecule has 4 rings (SSSR count). The summed E-state index contributed by atoms with van der Waals surface area (Å²) in [6, 6.07) is 26.4. The molecular weight excluding hydrogens is 444 g/mol. The summed E-state index contributed by atoms with van der Waals surface area (Å²) in [5.74, 6) is 1.06. The summed E-state index contributed by atoms with van der Waals surface area (Å²) in [5.41, 5.74) is 1.64. The second-order valence-corrected chi connectivity index (χ2v) is 8.62. The van der Waals surface area contributed by atoms with Gasteiger partial charge in [-0.15, -0.1) is 10.2 Å². The lowest BCUT2D eigenvalue weighted by molar-refractivity contribution is -0.115. The van der Waals surface area contributed by atoms with Gasteiger partial charge in [-0.25, -0.2) is 0 Å². The summed E-state index contributed by atoms with van der Waals surface area (Å²) in [7, 11) is 0. The molecule has 0 saturated heterocycles. The predicted molar refractivity (Wildman–Crippen MR) is 128 cm³/mol. The SMILES string of the molecule is CC(Sc1nnc(COc2ccccc2Cl)n1-c1ccccc1)C(=O)Nc1ccccc1. The molecule has 0 aliphatic carbocycles. The number of thioether (sulfide) groups is 1. The number of nitrogens with one attached hydrogen (secondary N) is 1. The van der Waals surface area contributed by atoms with Crippen LogP contribution in [0.5, 0.6) is 5.75 Å². The summed E-state index contributed by atoms with van der Waals surface area (Å²) in [4.78, 5) is 12.7. The van der Waals surface area contributed by atoms with Crippen LogP contribution < -0.4 is 10.1 Å². The van der Waals surface area contributed by atoms with Crippen LogP contribution in [0.15, 0.2) is 90.1 Å². The van der Waals surface area contributed by atoms with E-state index in [1.165, 1.54) is 11.8 Å². The van der Waals surface area contributed by atoms with Crippen LogP contribution in [0.1, 0.15) is 12.7 Å². The first-order valence-corrected chi connectivity index (χ1v) is 11.3. The third-order valence-corrected chi connectivity index (χ3v) is 5.96. The zero-order valence-electron chi connectivity index (χ0n) is 17.3. The molecule has 0 fully saturated rings. The molecule has 4 aromatic rings. The van der Waals surface area contributed by atoms with Crippen molar-refractivity contribution < 1.29 is 9.53 Å². The van der Waals surface area contributed by atoms with E-state index >= 15 is 0 Å². The smallest absolute Gasteiger partial charge is 0.237 e. The van der Waals surface area contributed by atoms with Crippen LogP contribution >= 0.6 is 23.4 Å². The van der Waals surface area contributed by atoms with E-state index in [1.807, 2.05) is 84.3 Å². The van der Waals surface area contributed by atoms with Gasteiger partial charge in [-0.2, -0.15) is 0 Å². The summed E-state index contributed by atoms with van der Waals surface area (Å²) < 4.78 is 7.78. The van der Waals surface area contributed by atoms with Crippen molar-refractivity contribution in [3.8, 4) is 11.4 Å². The number of ether oxygens (including phenoxy) is 1. The Balaban J connectivity index is 1.55. The fraction of sp³-hybridized carbons (Fsp3) is 0.125. The Bertz CT molecular complexity index is 1190. The van der Waals surface area contributed by atoms with E-state index in [0.717, 1.165) is 11.4 Å². The molecule has 1 N–H and O–H groups in total. The summed E-state index contributed by atoms with van der Waals surface area (Å²) in [5, 5.41) is 12.3. The third-order valence-electron chi connectivity index (χ3n) is 4.60. The lowest BCUT2D eigenvalue weighted by atomic mass is 10.3. The zero-order chi connectivity index (χ0) is 22.3. The van der Waals surface area contributed by atoms with E-state index in [2.05, 4.69) is 15.5 Å². The quantitative estimate of drug-likeness (QED) is 0.343. The van der Waals surface area contributed by atoms with Gasteiger partial charge in [0.15, 0.2) is 11.0 Å². The van der Waals surface area contributed by atoms with Gasteiger partial charge in [0.2, 0.25) is 5.91 Å². The van der Waals surface area contributed by atoms with Crippen LogP contribution in [0.25, 0.3) is 5.69 Å². The van der Waals surface area contributed by atoms with E-state index < -0.39 is 0 Å². The molecule has 0 saturated carbocycles. The van der Waals surface area contributed by atoms with Crippen molar-refractivity contribution >= 4 is 35.0 Å². The fourth-order valence-electron chi connectivity index (χ4n) is 2.99. The Morgan fingerprint density at radius 1 is 1.00 bits per heavy atom. The number of nitrogens with zero attached hydrogens (tertiary/aromatic N) is 3. The van der Waals surface area contributed by atoms with Crippen molar-refractivity contribution in [2.45, 2.75) is 23.9 Å². The van der Waals surface area contributed by atoms with Crippen LogP contribution in [0.4, 0.5) is 5.69 Å². The average molecular weight is 465 g/mol. The molecular formula is C24H21ClN4O2S. The number of hydrogen-bond donors (Lipinski definition) is 1. The molecule has 1 amide bonds. The van der Waals surface area contributed by atoms with Crippen molar-refractivity contribution in [1.29, 1.82) is 0 Å². The average Bonchev–Trinajstić information content (AvgIpc) is 3.22. The highest BCUT2D eigenvalue weighted by atomic mass is 35.5. The Hall–Kier alpha value is -3.29. The first-order chi connectivity index (χ1) is 15.6. The largest absolute Gasteiger partial charge is 0.484 e. The monoisotopic (exact) mass is 464 g/mol. The normalized spacial score (nSPS) is 11.7. The highest BCUT2D eigenvalue weighted by Gasteiger charge is 2.21. The number of amides is 1. The Morgan fingerprint density at radius 3 is 2.38 bits per heavy atom. The number of carbonyl (C=O) groups is 1. The molecule has 0 spiro atoms. The molecule has 162 valence electrons. The second-order valence-electron chi connectivity index (χ2n) is 6.90. The summed E-state index contributed by atoms with van der Waals surface area (Å²) in [6.45, 7) is 2.02. The van der Waals surface area contributed by atoms with Gasteiger partial charge < -0.3 is 10.1 Å². The molecule has 0 radical (unpaired) electrons. The fourth-order valence-corrected chi connectivity index (χ4v) is 4.06. The maximum absolute atomic E-state index is 12.7. The van der Waals surface area contributed by atoms with E-state index in [4.69, 9.17) is 16.3 Å². The van der Waals surface area contributed by atoms with Gasteiger partial charge in [0, 0.05) is 11.4 Å². The van der Waals surface area contributed by atoms with Gasteiger partial charge in [0.25, 0.3) is 0 Å². The lowest BCUT2D eigenvalue weighted by Gasteiger charge is -2.14. The third kappa shape index (κ3) is 5.30. The highest BCUT2D eigenvalue weighted by Crippen LogP contribution is 2.28. The number of anilines is 1. The molecule has 32 heavy (non-hydrogen) atoms. The topological polar surface area (TPSA) is 69.0 Å². The maximum atomic E-state index is 12.7. The van der Waals surface area contributed by atoms with Crippen molar-refractivity contribution in [3.05, 3.63) is 95.8 Å². The number of benzene rings is 3. The van der Waals surface area contributed by atoms with Gasteiger partial charge >= 0.3 is 0 Å². The first-order valence-electron chi connectivity index (χ1n) is 10.0. The van der Waals surface area contributed by atoms with Crippen molar-refractivity contribution in [2.24, 2.45) is 0 Å².